The average molecular weight is 169 g/mol. The predicted molar refractivity (Wildman–Crippen MR) is 46.6 cm³/mol. The smallest absolute Gasteiger partial charge is 0.131 e. The zero-order chi connectivity index (χ0) is 8.44. The summed E-state index contributed by atoms with van der Waals surface area (Å²) in [6.45, 7) is 4.06. The maximum atomic E-state index is 5.66. The van der Waals surface area contributed by atoms with Crippen molar-refractivity contribution in [2.45, 2.75) is 44.6 Å². The van der Waals surface area contributed by atoms with E-state index in [0.717, 1.165) is 19.6 Å². The Bertz CT molecular complexity index is 148. The number of ether oxygens (including phenoxy) is 2. The molecule has 0 aromatic carbocycles. The molecule has 2 fully saturated rings. The Hall–Kier alpha value is -0.0800. The lowest BCUT2D eigenvalue weighted by Crippen LogP contribution is -2.53. The van der Waals surface area contributed by atoms with Crippen molar-refractivity contribution in [2.24, 2.45) is 0 Å². The molecule has 2 aliphatic heterocycles. The van der Waals surface area contributed by atoms with Gasteiger partial charge in [-0.2, -0.15) is 0 Å². The van der Waals surface area contributed by atoms with E-state index in [4.69, 9.17) is 9.47 Å². The molecule has 1 atom stereocenters. The second-order valence-corrected chi connectivity index (χ2v) is 3.72. The van der Waals surface area contributed by atoms with Gasteiger partial charge in [0.05, 0.1) is 13.2 Å². The summed E-state index contributed by atoms with van der Waals surface area (Å²) in [6, 6.07) is 0. The quantitative estimate of drug-likeness (QED) is 0.642. The van der Waals surface area contributed by atoms with Gasteiger partial charge in [-0.15, -0.1) is 0 Å². The molecule has 0 saturated carbocycles. The SMILES string of the molecule is CCCCC1([C]2CCO2)CCO1. The van der Waals surface area contributed by atoms with Crippen LogP contribution in [0, 0.1) is 6.10 Å². The van der Waals surface area contributed by atoms with Crippen LogP contribution in [0.5, 0.6) is 0 Å². The molecular formula is C10H17O2. The van der Waals surface area contributed by atoms with Gasteiger partial charge in [-0.05, 0) is 6.42 Å². The highest BCUT2D eigenvalue weighted by molar-refractivity contribution is 5.10. The highest BCUT2D eigenvalue weighted by Gasteiger charge is 2.49. The van der Waals surface area contributed by atoms with Crippen molar-refractivity contribution in [1.29, 1.82) is 0 Å². The summed E-state index contributed by atoms with van der Waals surface area (Å²) in [5.74, 6) is 0. The molecule has 0 spiro atoms. The van der Waals surface area contributed by atoms with E-state index in [2.05, 4.69) is 6.92 Å². The zero-order valence-electron chi connectivity index (χ0n) is 7.77. The van der Waals surface area contributed by atoms with Gasteiger partial charge in [0.1, 0.15) is 11.7 Å². The van der Waals surface area contributed by atoms with Gasteiger partial charge in [0.15, 0.2) is 0 Å². The van der Waals surface area contributed by atoms with Crippen LogP contribution in [-0.4, -0.2) is 18.8 Å². The van der Waals surface area contributed by atoms with Crippen molar-refractivity contribution < 1.29 is 9.47 Å². The fourth-order valence-corrected chi connectivity index (χ4v) is 1.93. The largest absolute Gasteiger partial charge is 0.372 e. The van der Waals surface area contributed by atoms with E-state index in [-0.39, 0.29) is 5.60 Å². The highest BCUT2D eigenvalue weighted by atomic mass is 16.6. The normalized spacial score (nSPS) is 35.8. The van der Waals surface area contributed by atoms with Crippen LogP contribution in [0.1, 0.15) is 39.0 Å². The number of unbranched alkanes of at least 4 members (excludes halogenated alkanes) is 1. The molecule has 0 N–H and O–H groups in total. The molecule has 69 valence electrons. The summed E-state index contributed by atoms with van der Waals surface area (Å²) in [4.78, 5) is 0. The van der Waals surface area contributed by atoms with Crippen molar-refractivity contribution in [3.05, 3.63) is 6.10 Å². The van der Waals surface area contributed by atoms with Gasteiger partial charge >= 0.3 is 0 Å². The third-order valence-corrected chi connectivity index (χ3v) is 2.93. The molecule has 0 amide bonds. The average Bonchev–Trinajstić information content (AvgIpc) is 1.90. The summed E-state index contributed by atoms with van der Waals surface area (Å²) in [5.41, 5.74) is 0.0637. The third-order valence-electron chi connectivity index (χ3n) is 2.93. The van der Waals surface area contributed by atoms with Gasteiger partial charge in [0.25, 0.3) is 0 Å². The molecule has 2 rings (SSSR count). The molecule has 2 aliphatic rings. The van der Waals surface area contributed by atoms with E-state index < -0.39 is 0 Å². The van der Waals surface area contributed by atoms with E-state index in [9.17, 15) is 0 Å². The molecule has 1 radical (unpaired) electrons. The van der Waals surface area contributed by atoms with E-state index in [1.165, 1.54) is 31.8 Å². The van der Waals surface area contributed by atoms with Gasteiger partial charge < -0.3 is 9.47 Å². The monoisotopic (exact) mass is 169 g/mol. The Balaban J connectivity index is 1.85. The Labute approximate surface area is 74.2 Å². The maximum Gasteiger partial charge on any atom is 0.131 e. The van der Waals surface area contributed by atoms with Crippen molar-refractivity contribution in [1.82, 2.24) is 0 Å². The van der Waals surface area contributed by atoms with Crippen LogP contribution in [0.4, 0.5) is 0 Å². The summed E-state index contributed by atoms with van der Waals surface area (Å²) in [7, 11) is 0. The van der Waals surface area contributed by atoms with Crippen molar-refractivity contribution in [3.63, 3.8) is 0 Å². The zero-order valence-corrected chi connectivity index (χ0v) is 7.77. The van der Waals surface area contributed by atoms with Gasteiger partial charge in [-0.3, -0.25) is 0 Å². The second kappa shape index (κ2) is 3.35. The lowest BCUT2D eigenvalue weighted by Gasteiger charge is -2.49. The van der Waals surface area contributed by atoms with Crippen LogP contribution in [0.15, 0.2) is 0 Å². The summed E-state index contributed by atoms with van der Waals surface area (Å²) < 4.78 is 11.1. The molecule has 2 heteroatoms. The molecule has 2 nitrogen and oxygen atoms in total. The lowest BCUT2D eigenvalue weighted by molar-refractivity contribution is -0.205. The van der Waals surface area contributed by atoms with Crippen molar-refractivity contribution in [3.8, 4) is 0 Å². The first-order valence-electron chi connectivity index (χ1n) is 5.00. The standard InChI is InChI=1S/C10H17O2/c1-2-3-5-10(6-8-12-10)9-4-7-11-9/h2-8H2,1H3. The predicted octanol–water partition coefficient (Wildman–Crippen LogP) is 2.29. The minimum atomic E-state index is 0.0637. The first kappa shape index (κ1) is 8.52. The number of hydrogen-bond donors (Lipinski definition) is 0. The molecule has 2 saturated heterocycles. The highest BCUT2D eigenvalue weighted by Crippen LogP contribution is 2.45. The molecule has 0 aliphatic carbocycles. The summed E-state index contributed by atoms with van der Waals surface area (Å²) >= 11 is 0. The van der Waals surface area contributed by atoms with E-state index in [1.807, 2.05) is 0 Å². The molecule has 1 unspecified atom stereocenters. The topological polar surface area (TPSA) is 18.5 Å². The maximum absolute atomic E-state index is 5.66. The molecule has 0 bridgehead atoms. The Morgan fingerprint density at radius 3 is 2.50 bits per heavy atom. The Morgan fingerprint density at radius 1 is 1.42 bits per heavy atom. The van der Waals surface area contributed by atoms with E-state index in [1.54, 1.807) is 0 Å². The number of rotatable bonds is 4. The molecule has 2 heterocycles. The fraction of sp³-hybridized carbons (Fsp3) is 0.900. The van der Waals surface area contributed by atoms with Gasteiger partial charge in [0.2, 0.25) is 0 Å². The fourth-order valence-electron chi connectivity index (χ4n) is 1.93. The minimum Gasteiger partial charge on any atom is -0.372 e. The number of hydrogen-bond acceptors (Lipinski definition) is 2. The summed E-state index contributed by atoms with van der Waals surface area (Å²) in [5, 5.41) is 0. The second-order valence-electron chi connectivity index (χ2n) is 3.72. The van der Waals surface area contributed by atoms with Crippen molar-refractivity contribution >= 4 is 0 Å². The van der Waals surface area contributed by atoms with E-state index in [0.29, 0.717) is 0 Å². The minimum absolute atomic E-state index is 0.0637. The lowest BCUT2D eigenvalue weighted by atomic mass is 9.80. The van der Waals surface area contributed by atoms with Crippen LogP contribution < -0.4 is 0 Å². The summed E-state index contributed by atoms with van der Waals surface area (Å²) in [6.07, 6.45) is 7.21. The van der Waals surface area contributed by atoms with Crippen LogP contribution in [0.25, 0.3) is 0 Å². The van der Waals surface area contributed by atoms with Crippen LogP contribution in [-0.2, 0) is 9.47 Å². The molecule has 0 aromatic heterocycles. The Kier molecular flexibility index (Phi) is 2.37. The van der Waals surface area contributed by atoms with E-state index >= 15 is 0 Å². The first-order chi connectivity index (χ1) is 5.87. The van der Waals surface area contributed by atoms with Crippen LogP contribution in [0.3, 0.4) is 0 Å². The first-order valence-corrected chi connectivity index (χ1v) is 5.00. The van der Waals surface area contributed by atoms with Gasteiger partial charge in [-0.1, -0.05) is 19.8 Å². The van der Waals surface area contributed by atoms with Crippen LogP contribution >= 0.6 is 0 Å². The van der Waals surface area contributed by atoms with Gasteiger partial charge in [-0.25, -0.2) is 0 Å². The molecule has 12 heavy (non-hydrogen) atoms. The third kappa shape index (κ3) is 1.27. The Morgan fingerprint density at radius 2 is 2.17 bits per heavy atom. The molecule has 0 aromatic rings. The van der Waals surface area contributed by atoms with Crippen LogP contribution in [0.2, 0.25) is 0 Å². The molecular weight excluding hydrogens is 152 g/mol. The van der Waals surface area contributed by atoms with Gasteiger partial charge in [0, 0.05) is 12.8 Å². The van der Waals surface area contributed by atoms with Crippen molar-refractivity contribution in [2.75, 3.05) is 13.2 Å².